The summed E-state index contributed by atoms with van der Waals surface area (Å²) in [7, 11) is 1.19. The summed E-state index contributed by atoms with van der Waals surface area (Å²) in [5.74, 6) is -1.41. The van der Waals surface area contributed by atoms with Crippen LogP contribution >= 0.6 is 27.5 Å². The van der Waals surface area contributed by atoms with Crippen molar-refractivity contribution in [1.82, 2.24) is 0 Å². The predicted molar refractivity (Wildman–Crippen MR) is 66.5 cm³/mol. The molecular formula is C10H9BrClNO4. The molecule has 0 aromatic heterocycles. The lowest BCUT2D eigenvalue weighted by Gasteiger charge is -2.12. The Morgan fingerprint density at radius 3 is 2.59 bits per heavy atom. The van der Waals surface area contributed by atoms with Crippen LogP contribution in [0, 0.1) is 0 Å². The molecule has 0 bridgehead atoms. The third kappa shape index (κ3) is 2.89. The fourth-order valence-electron chi connectivity index (χ4n) is 1.16. The van der Waals surface area contributed by atoms with Gasteiger partial charge in [-0.2, -0.15) is 0 Å². The van der Waals surface area contributed by atoms with Gasteiger partial charge in [0, 0.05) is 6.92 Å². The summed E-state index contributed by atoms with van der Waals surface area (Å²) in [5, 5.41) is 12.3. The summed E-state index contributed by atoms with van der Waals surface area (Å²) in [6.45, 7) is 1.30. The maximum Gasteiger partial charge on any atom is 0.341 e. The Morgan fingerprint density at radius 2 is 2.12 bits per heavy atom. The van der Waals surface area contributed by atoms with E-state index in [0.29, 0.717) is 0 Å². The summed E-state index contributed by atoms with van der Waals surface area (Å²) in [6.07, 6.45) is 0. The van der Waals surface area contributed by atoms with Gasteiger partial charge in [0.15, 0.2) is 0 Å². The van der Waals surface area contributed by atoms with E-state index in [-0.39, 0.29) is 32.4 Å². The number of esters is 1. The zero-order chi connectivity index (χ0) is 13.2. The number of phenols is 1. The quantitative estimate of drug-likeness (QED) is 0.821. The van der Waals surface area contributed by atoms with Crippen molar-refractivity contribution in [2.24, 2.45) is 0 Å². The number of hydrogen-bond donors (Lipinski definition) is 2. The highest BCUT2D eigenvalue weighted by atomic mass is 79.9. The molecule has 0 saturated heterocycles. The van der Waals surface area contributed by atoms with Gasteiger partial charge in [-0.3, -0.25) is 4.79 Å². The van der Waals surface area contributed by atoms with E-state index in [1.807, 2.05) is 0 Å². The van der Waals surface area contributed by atoms with Crippen LogP contribution in [0.3, 0.4) is 0 Å². The highest BCUT2D eigenvalue weighted by Crippen LogP contribution is 2.40. The molecule has 0 unspecified atom stereocenters. The summed E-state index contributed by atoms with van der Waals surface area (Å²) >= 11 is 8.94. The first-order valence-electron chi connectivity index (χ1n) is 4.45. The highest BCUT2D eigenvalue weighted by molar-refractivity contribution is 9.10. The van der Waals surface area contributed by atoms with Gasteiger partial charge in [0.05, 0.1) is 22.3 Å². The number of nitrogens with one attached hydrogen (secondary N) is 1. The monoisotopic (exact) mass is 321 g/mol. The second-order valence-corrected chi connectivity index (χ2v) is 4.32. The number of methoxy groups -OCH3 is 1. The molecule has 5 nitrogen and oxygen atoms in total. The molecule has 1 aromatic carbocycles. The molecule has 1 aromatic rings. The Morgan fingerprint density at radius 1 is 1.53 bits per heavy atom. The standard InChI is InChI=1S/C10H9BrClNO4/c1-4(14)13-8-6(12)3-5(10(16)17-2)9(15)7(8)11/h3,15H,1-2H3,(H,13,14). The lowest BCUT2D eigenvalue weighted by atomic mass is 10.2. The minimum Gasteiger partial charge on any atom is -0.506 e. The maximum atomic E-state index is 11.3. The Labute approximate surface area is 111 Å². The molecular weight excluding hydrogens is 313 g/mol. The van der Waals surface area contributed by atoms with Crippen molar-refractivity contribution < 1.29 is 19.4 Å². The zero-order valence-corrected chi connectivity index (χ0v) is 11.3. The van der Waals surface area contributed by atoms with Crippen LogP contribution in [-0.4, -0.2) is 24.1 Å². The minimum absolute atomic E-state index is 0.0847. The molecule has 0 aliphatic heterocycles. The summed E-state index contributed by atoms with van der Waals surface area (Å²) < 4.78 is 4.61. The second-order valence-electron chi connectivity index (χ2n) is 3.12. The van der Waals surface area contributed by atoms with Gasteiger partial charge in [-0.1, -0.05) is 11.6 Å². The zero-order valence-electron chi connectivity index (χ0n) is 9.01. The Kier molecular flexibility index (Phi) is 4.36. The predicted octanol–water partition coefficient (Wildman–Crippen LogP) is 2.55. The van der Waals surface area contributed by atoms with E-state index in [2.05, 4.69) is 26.0 Å². The van der Waals surface area contributed by atoms with Crippen molar-refractivity contribution in [3.05, 3.63) is 21.1 Å². The van der Waals surface area contributed by atoms with Crippen LogP contribution in [-0.2, 0) is 9.53 Å². The Bertz CT molecular complexity index is 490. The first-order chi connectivity index (χ1) is 7.88. The molecule has 0 radical (unpaired) electrons. The Hall–Kier alpha value is -1.27. The van der Waals surface area contributed by atoms with Crippen LogP contribution < -0.4 is 5.32 Å². The number of ether oxygens (including phenoxy) is 1. The third-order valence-electron chi connectivity index (χ3n) is 1.90. The number of amides is 1. The van der Waals surface area contributed by atoms with Gasteiger partial charge in [-0.25, -0.2) is 4.79 Å². The van der Waals surface area contributed by atoms with Crippen LogP contribution in [0.15, 0.2) is 10.5 Å². The van der Waals surface area contributed by atoms with Gasteiger partial charge in [-0.05, 0) is 22.0 Å². The lowest BCUT2D eigenvalue weighted by molar-refractivity contribution is -0.114. The van der Waals surface area contributed by atoms with Crippen molar-refractivity contribution >= 4 is 45.1 Å². The topological polar surface area (TPSA) is 75.6 Å². The highest BCUT2D eigenvalue weighted by Gasteiger charge is 2.20. The number of halogens is 2. The van der Waals surface area contributed by atoms with Gasteiger partial charge in [0.1, 0.15) is 11.3 Å². The molecule has 0 spiro atoms. The summed E-state index contributed by atoms with van der Waals surface area (Å²) in [6, 6.07) is 1.22. The van der Waals surface area contributed by atoms with Gasteiger partial charge in [0.25, 0.3) is 0 Å². The fraction of sp³-hybridized carbons (Fsp3) is 0.200. The lowest BCUT2D eigenvalue weighted by Crippen LogP contribution is -2.09. The number of phenolic OH excluding ortho intramolecular Hbond substituents is 1. The van der Waals surface area contributed by atoms with Crippen molar-refractivity contribution in [1.29, 1.82) is 0 Å². The fourth-order valence-corrected chi connectivity index (χ4v) is 2.06. The van der Waals surface area contributed by atoms with E-state index in [9.17, 15) is 14.7 Å². The molecule has 0 fully saturated rings. The molecule has 0 aliphatic rings. The normalized spacial score (nSPS) is 9.88. The SMILES string of the molecule is COC(=O)c1cc(Cl)c(NC(C)=O)c(Br)c1O. The molecule has 0 saturated carbocycles. The van der Waals surface area contributed by atoms with E-state index < -0.39 is 5.97 Å². The number of rotatable bonds is 2. The van der Waals surface area contributed by atoms with E-state index in [1.54, 1.807) is 0 Å². The van der Waals surface area contributed by atoms with Gasteiger partial charge in [0.2, 0.25) is 5.91 Å². The first kappa shape index (κ1) is 13.8. The molecule has 0 aliphatic carbocycles. The van der Waals surface area contributed by atoms with Crippen LogP contribution in [0.5, 0.6) is 5.75 Å². The summed E-state index contributed by atoms with van der Waals surface area (Å²) in [4.78, 5) is 22.3. The summed E-state index contributed by atoms with van der Waals surface area (Å²) in [5.41, 5.74) is 0.114. The number of carbonyl (C=O) groups excluding carboxylic acids is 2. The number of carbonyl (C=O) groups is 2. The number of hydrogen-bond acceptors (Lipinski definition) is 4. The van der Waals surface area contributed by atoms with Gasteiger partial charge in [-0.15, -0.1) is 0 Å². The van der Waals surface area contributed by atoms with Crippen LogP contribution in [0.1, 0.15) is 17.3 Å². The van der Waals surface area contributed by atoms with E-state index >= 15 is 0 Å². The molecule has 17 heavy (non-hydrogen) atoms. The largest absolute Gasteiger partial charge is 0.506 e. The van der Waals surface area contributed by atoms with Crippen molar-refractivity contribution in [3.63, 3.8) is 0 Å². The van der Waals surface area contributed by atoms with Crippen molar-refractivity contribution in [3.8, 4) is 5.75 Å². The molecule has 1 rings (SSSR count). The first-order valence-corrected chi connectivity index (χ1v) is 5.62. The minimum atomic E-state index is -0.723. The smallest absolute Gasteiger partial charge is 0.341 e. The van der Waals surface area contributed by atoms with Crippen LogP contribution in [0.4, 0.5) is 5.69 Å². The average Bonchev–Trinajstić information content (AvgIpc) is 2.28. The number of aromatic hydroxyl groups is 1. The molecule has 2 N–H and O–H groups in total. The number of benzene rings is 1. The third-order valence-corrected chi connectivity index (χ3v) is 2.97. The van der Waals surface area contributed by atoms with Gasteiger partial charge >= 0.3 is 5.97 Å². The molecule has 92 valence electrons. The van der Waals surface area contributed by atoms with Crippen LogP contribution in [0.25, 0.3) is 0 Å². The van der Waals surface area contributed by atoms with Gasteiger partial charge < -0.3 is 15.2 Å². The van der Waals surface area contributed by atoms with E-state index in [1.165, 1.54) is 20.1 Å². The average molecular weight is 323 g/mol. The van der Waals surface area contributed by atoms with E-state index in [0.717, 1.165) is 0 Å². The maximum absolute atomic E-state index is 11.3. The van der Waals surface area contributed by atoms with Crippen molar-refractivity contribution in [2.75, 3.05) is 12.4 Å². The molecule has 0 atom stereocenters. The second kappa shape index (κ2) is 5.37. The Balaban J connectivity index is 3.36. The van der Waals surface area contributed by atoms with E-state index in [4.69, 9.17) is 11.6 Å². The molecule has 0 heterocycles. The molecule has 7 heteroatoms. The van der Waals surface area contributed by atoms with Crippen LogP contribution in [0.2, 0.25) is 5.02 Å². The molecule has 1 amide bonds. The number of anilines is 1. The van der Waals surface area contributed by atoms with Crippen molar-refractivity contribution in [2.45, 2.75) is 6.92 Å².